The van der Waals surface area contributed by atoms with Gasteiger partial charge in [0.25, 0.3) is 0 Å². The van der Waals surface area contributed by atoms with Crippen LogP contribution in [-0.4, -0.2) is 13.7 Å². The molecule has 1 aromatic heterocycles. The second-order valence-corrected chi connectivity index (χ2v) is 7.61. The molecule has 1 N–H and O–H groups in total. The number of nitrogens with one attached hydrogen (secondary N) is 1. The summed E-state index contributed by atoms with van der Waals surface area (Å²) in [6.45, 7) is 0.761. The molecule has 2 aromatic rings. The zero-order valence-electron chi connectivity index (χ0n) is 11.1. The molecular formula is C15H15BrClNOS. The lowest BCUT2D eigenvalue weighted by molar-refractivity contribution is 0.352. The largest absolute Gasteiger partial charge is 0.493 e. The first-order valence-electron chi connectivity index (χ1n) is 6.52. The number of hydrogen-bond donors (Lipinski definition) is 1. The third-order valence-electron chi connectivity index (χ3n) is 3.59. The maximum absolute atomic E-state index is 6.22. The lowest BCUT2D eigenvalue weighted by Gasteiger charge is -2.17. The van der Waals surface area contributed by atoms with Crippen LogP contribution >= 0.6 is 38.9 Å². The Kier molecular flexibility index (Phi) is 4.36. The molecule has 3 rings (SSSR count). The topological polar surface area (TPSA) is 21.3 Å². The molecule has 2 nitrogen and oxygen atoms in total. The molecule has 0 spiro atoms. The molecule has 0 bridgehead atoms. The van der Waals surface area contributed by atoms with Crippen LogP contribution in [0.25, 0.3) is 0 Å². The van der Waals surface area contributed by atoms with Crippen LogP contribution in [0.15, 0.2) is 27.4 Å². The molecule has 20 heavy (non-hydrogen) atoms. The predicted octanol–water partition coefficient (Wildman–Crippen LogP) is 4.60. The van der Waals surface area contributed by atoms with E-state index in [-0.39, 0.29) is 6.04 Å². The first-order chi connectivity index (χ1) is 9.67. The SMILES string of the molecule is CNC(Cc1cc(Cl)cc2c1OCC2)c1csc(Br)c1. The maximum atomic E-state index is 6.22. The van der Waals surface area contributed by atoms with Gasteiger partial charge in [-0.1, -0.05) is 11.6 Å². The summed E-state index contributed by atoms with van der Waals surface area (Å²) in [5.74, 6) is 1.03. The van der Waals surface area contributed by atoms with E-state index in [1.54, 1.807) is 11.3 Å². The zero-order valence-corrected chi connectivity index (χ0v) is 14.2. The number of likely N-dealkylation sites (N-methyl/N-ethyl adjacent to an activating group) is 1. The number of rotatable bonds is 4. The second-order valence-electron chi connectivity index (χ2n) is 4.88. The fraction of sp³-hybridized carbons (Fsp3) is 0.333. The number of ether oxygens (including phenoxy) is 1. The Morgan fingerprint density at radius 3 is 3.00 bits per heavy atom. The molecule has 0 fully saturated rings. The van der Waals surface area contributed by atoms with Crippen molar-refractivity contribution in [3.8, 4) is 5.75 Å². The summed E-state index contributed by atoms with van der Waals surface area (Å²) >= 11 is 11.5. The Labute approximate surface area is 136 Å². The normalized spacial score (nSPS) is 14.9. The standard InChI is InChI=1S/C15H15BrClNOS/c1-18-13(11-7-14(16)20-8-11)6-10-5-12(17)4-9-2-3-19-15(9)10/h4-5,7-8,13,18H,2-3,6H2,1H3. The predicted molar refractivity (Wildman–Crippen MR) is 88.2 cm³/mol. The van der Waals surface area contributed by atoms with Crippen LogP contribution in [0.3, 0.4) is 0 Å². The maximum Gasteiger partial charge on any atom is 0.125 e. The summed E-state index contributed by atoms with van der Waals surface area (Å²) in [5.41, 5.74) is 3.71. The van der Waals surface area contributed by atoms with Gasteiger partial charge in [0.05, 0.1) is 10.4 Å². The van der Waals surface area contributed by atoms with Gasteiger partial charge in [-0.2, -0.15) is 0 Å². The quantitative estimate of drug-likeness (QED) is 0.846. The van der Waals surface area contributed by atoms with E-state index < -0.39 is 0 Å². The lowest BCUT2D eigenvalue weighted by Crippen LogP contribution is -2.18. The van der Waals surface area contributed by atoms with Crippen molar-refractivity contribution in [2.24, 2.45) is 0 Å². The Morgan fingerprint density at radius 1 is 1.45 bits per heavy atom. The van der Waals surface area contributed by atoms with E-state index >= 15 is 0 Å². The van der Waals surface area contributed by atoms with E-state index in [9.17, 15) is 0 Å². The van der Waals surface area contributed by atoms with Gasteiger partial charge in [0.15, 0.2) is 0 Å². The minimum absolute atomic E-state index is 0.268. The molecule has 0 saturated heterocycles. The van der Waals surface area contributed by atoms with Gasteiger partial charge >= 0.3 is 0 Å². The number of thiophene rings is 1. The van der Waals surface area contributed by atoms with E-state index in [0.717, 1.165) is 34.0 Å². The van der Waals surface area contributed by atoms with Crippen molar-refractivity contribution >= 4 is 38.9 Å². The highest BCUT2D eigenvalue weighted by Gasteiger charge is 2.21. The van der Waals surface area contributed by atoms with E-state index in [4.69, 9.17) is 16.3 Å². The summed E-state index contributed by atoms with van der Waals surface area (Å²) in [6, 6.07) is 6.47. The van der Waals surface area contributed by atoms with Crippen LogP contribution < -0.4 is 10.1 Å². The molecule has 1 aliphatic heterocycles. The van der Waals surface area contributed by atoms with Gasteiger partial charge in [-0.15, -0.1) is 11.3 Å². The van der Waals surface area contributed by atoms with Gasteiger partial charge in [-0.3, -0.25) is 0 Å². The van der Waals surface area contributed by atoms with Crippen molar-refractivity contribution in [3.05, 3.63) is 49.1 Å². The van der Waals surface area contributed by atoms with Crippen LogP contribution in [0, 0.1) is 0 Å². The monoisotopic (exact) mass is 371 g/mol. The van der Waals surface area contributed by atoms with Crippen molar-refractivity contribution in [2.75, 3.05) is 13.7 Å². The smallest absolute Gasteiger partial charge is 0.125 e. The molecule has 1 atom stereocenters. The molecule has 106 valence electrons. The first kappa shape index (κ1) is 14.4. The third kappa shape index (κ3) is 2.89. The molecule has 0 saturated carbocycles. The molecule has 1 aliphatic rings. The Morgan fingerprint density at radius 2 is 2.30 bits per heavy atom. The molecule has 2 heterocycles. The first-order valence-corrected chi connectivity index (χ1v) is 8.57. The Bertz CT molecular complexity index is 628. The van der Waals surface area contributed by atoms with Gasteiger partial charge in [-0.05, 0) is 69.7 Å². The molecule has 5 heteroatoms. The molecule has 0 radical (unpaired) electrons. The van der Waals surface area contributed by atoms with Crippen LogP contribution in [0.4, 0.5) is 0 Å². The van der Waals surface area contributed by atoms with E-state index in [1.807, 2.05) is 19.2 Å². The van der Waals surface area contributed by atoms with E-state index in [1.165, 1.54) is 16.7 Å². The Hall–Kier alpha value is -0.550. The summed E-state index contributed by atoms with van der Waals surface area (Å²) in [7, 11) is 1.99. The number of halogens is 2. The van der Waals surface area contributed by atoms with E-state index in [2.05, 4.69) is 32.7 Å². The van der Waals surface area contributed by atoms with Crippen molar-refractivity contribution in [1.29, 1.82) is 0 Å². The fourth-order valence-corrected chi connectivity index (χ4v) is 4.10. The van der Waals surface area contributed by atoms with Gasteiger partial charge in [-0.25, -0.2) is 0 Å². The van der Waals surface area contributed by atoms with Gasteiger partial charge in [0.2, 0.25) is 0 Å². The summed E-state index contributed by atoms with van der Waals surface area (Å²) < 4.78 is 6.93. The summed E-state index contributed by atoms with van der Waals surface area (Å²) in [4.78, 5) is 0. The number of benzene rings is 1. The van der Waals surface area contributed by atoms with Crippen LogP contribution in [0.1, 0.15) is 22.7 Å². The highest BCUT2D eigenvalue weighted by molar-refractivity contribution is 9.11. The average Bonchev–Trinajstić information content (AvgIpc) is 3.04. The second kappa shape index (κ2) is 6.06. The third-order valence-corrected chi connectivity index (χ3v) is 5.33. The highest BCUT2D eigenvalue weighted by Crippen LogP contribution is 2.36. The van der Waals surface area contributed by atoms with Crippen LogP contribution in [0.2, 0.25) is 5.02 Å². The molecular weight excluding hydrogens is 358 g/mol. The van der Waals surface area contributed by atoms with Crippen molar-refractivity contribution < 1.29 is 4.74 Å². The van der Waals surface area contributed by atoms with Gasteiger partial charge < -0.3 is 10.1 Å². The van der Waals surface area contributed by atoms with Gasteiger partial charge in [0.1, 0.15) is 5.75 Å². The van der Waals surface area contributed by atoms with E-state index in [0.29, 0.717) is 0 Å². The fourth-order valence-electron chi connectivity index (χ4n) is 2.61. The summed E-state index contributed by atoms with van der Waals surface area (Å²) in [5, 5.41) is 6.35. The number of hydrogen-bond acceptors (Lipinski definition) is 3. The molecule has 0 aliphatic carbocycles. The average molecular weight is 373 g/mol. The zero-order chi connectivity index (χ0) is 14.1. The van der Waals surface area contributed by atoms with Crippen molar-refractivity contribution in [2.45, 2.75) is 18.9 Å². The minimum Gasteiger partial charge on any atom is -0.493 e. The lowest BCUT2D eigenvalue weighted by atomic mass is 9.98. The Balaban J connectivity index is 1.90. The minimum atomic E-state index is 0.268. The van der Waals surface area contributed by atoms with Crippen molar-refractivity contribution in [3.63, 3.8) is 0 Å². The highest BCUT2D eigenvalue weighted by atomic mass is 79.9. The summed E-state index contributed by atoms with van der Waals surface area (Å²) in [6.07, 6.45) is 1.83. The molecule has 1 unspecified atom stereocenters. The molecule has 0 amide bonds. The van der Waals surface area contributed by atoms with Crippen LogP contribution in [-0.2, 0) is 12.8 Å². The van der Waals surface area contributed by atoms with Crippen LogP contribution in [0.5, 0.6) is 5.75 Å². The molecule has 1 aromatic carbocycles. The van der Waals surface area contributed by atoms with Gasteiger partial charge in [0, 0.05) is 17.5 Å². The van der Waals surface area contributed by atoms with Crippen molar-refractivity contribution in [1.82, 2.24) is 5.32 Å². The number of fused-ring (bicyclic) bond motifs is 1.